The Morgan fingerprint density at radius 1 is 1.44 bits per heavy atom. The van der Waals surface area contributed by atoms with E-state index in [0.717, 1.165) is 0 Å². The summed E-state index contributed by atoms with van der Waals surface area (Å²) in [6, 6.07) is 6.96. The fraction of sp³-hybridized carbons (Fsp3) is 0.231. The molecule has 5 heteroatoms. The van der Waals surface area contributed by atoms with Gasteiger partial charge >= 0.3 is 5.97 Å². The fourth-order valence-electron chi connectivity index (χ4n) is 1.37. The molecule has 1 aromatic rings. The van der Waals surface area contributed by atoms with Crippen LogP contribution in [0.3, 0.4) is 0 Å². The number of aliphatic carboxylic acids is 1. The monoisotopic (exact) mass is 249 g/mol. The molecule has 0 heterocycles. The number of rotatable bonds is 5. The number of ether oxygens (including phenoxy) is 1. The van der Waals surface area contributed by atoms with Crippen LogP contribution in [-0.2, 0) is 9.59 Å². The highest BCUT2D eigenvalue weighted by molar-refractivity contribution is 5.96. The van der Waals surface area contributed by atoms with Gasteiger partial charge in [-0.25, -0.2) is 4.79 Å². The van der Waals surface area contributed by atoms with Crippen LogP contribution in [0.4, 0.5) is 0 Å². The van der Waals surface area contributed by atoms with Gasteiger partial charge in [-0.1, -0.05) is 12.1 Å². The molecule has 18 heavy (non-hydrogen) atoms. The second-order valence-electron chi connectivity index (χ2n) is 3.55. The van der Waals surface area contributed by atoms with Crippen molar-refractivity contribution >= 4 is 18.0 Å². The molecule has 1 amide bonds. The molecule has 0 aliphatic rings. The second-order valence-corrected chi connectivity index (χ2v) is 3.55. The van der Waals surface area contributed by atoms with E-state index in [9.17, 15) is 9.59 Å². The predicted molar refractivity (Wildman–Crippen MR) is 67.0 cm³/mol. The Labute approximate surface area is 105 Å². The molecule has 0 bridgehead atoms. The zero-order valence-electron chi connectivity index (χ0n) is 10.3. The first-order valence-corrected chi connectivity index (χ1v) is 5.48. The molecule has 0 saturated carbocycles. The topological polar surface area (TPSA) is 75.6 Å². The summed E-state index contributed by atoms with van der Waals surface area (Å²) in [5.41, 5.74) is 0.475. The molecule has 0 radical (unpaired) electrons. The lowest BCUT2D eigenvalue weighted by molar-refractivity contribution is -0.134. The zero-order valence-corrected chi connectivity index (χ0v) is 10.3. The van der Waals surface area contributed by atoms with Gasteiger partial charge in [0.15, 0.2) is 0 Å². The molecule has 0 aliphatic carbocycles. The lowest BCUT2D eigenvalue weighted by Gasteiger charge is -2.05. The molecule has 0 fully saturated rings. The van der Waals surface area contributed by atoms with Gasteiger partial charge in [-0.15, -0.1) is 0 Å². The summed E-state index contributed by atoms with van der Waals surface area (Å²) in [5.74, 6) is -0.963. The minimum Gasteiger partial charge on any atom is -0.494 e. The van der Waals surface area contributed by atoms with Gasteiger partial charge in [0.1, 0.15) is 11.4 Å². The van der Waals surface area contributed by atoms with E-state index >= 15 is 0 Å². The molecule has 1 rings (SSSR count). The van der Waals surface area contributed by atoms with Crippen LogP contribution in [0, 0.1) is 0 Å². The van der Waals surface area contributed by atoms with E-state index in [1.165, 1.54) is 13.0 Å². The Kier molecular flexibility index (Phi) is 4.92. The molecule has 5 nitrogen and oxygen atoms in total. The SMILES string of the molecule is CCOc1cccc(C=C(NC(C)=O)C(=O)O)c1. The van der Waals surface area contributed by atoms with Gasteiger partial charge in [0, 0.05) is 6.92 Å². The van der Waals surface area contributed by atoms with Gasteiger partial charge in [-0.05, 0) is 30.7 Å². The molecular weight excluding hydrogens is 234 g/mol. The van der Waals surface area contributed by atoms with Crippen LogP contribution in [0.2, 0.25) is 0 Å². The minimum absolute atomic E-state index is 0.170. The average molecular weight is 249 g/mol. The van der Waals surface area contributed by atoms with Crippen molar-refractivity contribution in [2.75, 3.05) is 6.61 Å². The molecule has 0 aliphatic heterocycles. The molecule has 0 aromatic heterocycles. The van der Waals surface area contributed by atoms with E-state index in [0.29, 0.717) is 17.9 Å². The lowest BCUT2D eigenvalue weighted by Crippen LogP contribution is -2.24. The molecule has 0 spiro atoms. The van der Waals surface area contributed by atoms with Crippen molar-refractivity contribution in [1.82, 2.24) is 5.32 Å². The molecule has 96 valence electrons. The van der Waals surface area contributed by atoms with Crippen LogP contribution in [0.1, 0.15) is 19.4 Å². The average Bonchev–Trinajstić information content (AvgIpc) is 2.28. The molecule has 1 aromatic carbocycles. The highest BCUT2D eigenvalue weighted by atomic mass is 16.5. The Morgan fingerprint density at radius 2 is 2.17 bits per heavy atom. The second kappa shape index (κ2) is 6.44. The summed E-state index contributed by atoms with van der Waals surface area (Å²) in [4.78, 5) is 21.8. The third-order valence-electron chi connectivity index (χ3n) is 2.02. The van der Waals surface area contributed by atoms with Gasteiger partial charge < -0.3 is 15.2 Å². The van der Waals surface area contributed by atoms with E-state index in [4.69, 9.17) is 9.84 Å². The van der Waals surface area contributed by atoms with Crippen molar-refractivity contribution in [2.45, 2.75) is 13.8 Å². The van der Waals surface area contributed by atoms with Crippen molar-refractivity contribution in [2.24, 2.45) is 0 Å². The summed E-state index contributed by atoms with van der Waals surface area (Å²) in [5, 5.41) is 11.2. The van der Waals surface area contributed by atoms with Gasteiger partial charge in [-0.3, -0.25) is 4.79 Å². The summed E-state index contributed by atoms with van der Waals surface area (Å²) in [6.07, 6.45) is 1.38. The van der Waals surface area contributed by atoms with E-state index in [1.807, 2.05) is 6.92 Å². The van der Waals surface area contributed by atoms with Gasteiger partial charge in [-0.2, -0.15) is 0 Å². The Hall–Kier alpha value is -2.30. The fourth-order valence-corrected chi connectivity index (χ4v) is 1.37. The van der Waals surface area contributed by atoms with Crippen LogP contribution in [0.5, 0.6) is 5.75 Å². The largest absolute Gasteiger partial charge is 0.494 e. The van der Waals surface area contributed by atoms with Crippen LogP contribution in [0.15, 0.2) is 30.0 Å². The first-order valence-electron chi connectivity index (χ1n) is 5.48. The number of nitrogens with one attached hydrogen (secondary N) is 1. The summed E-state index contributed by atoms with van der Waals surface area (Å²) < 4.78 is 5.31. The number of hydrogen-bond donors (Lipinski definition) is 2. The van der Waals surface area contributed by atoms with E-state index in [2.05, 4.69) is 5.32 Å². The van der Waals surface area contributed by atoms with Crippen molar-refractivity contribution < 1.29 is 19.4 Å². The maximum atomic E-state index is 10.9. The number of carbonyl (C=O) groups is 2. The Morgan fingerprint density at radius 3 is 2.72 bits per heavy atom. The number of carbonyl (C=O) groups excluding carboxylic acids is 1. The standard InChI is InChI=1S/C13H15NO4/c1-3-18-11-6-4-5-10(7-11)8-12(13(16)17)14-9(2)15/h4-8H,3H2,1-2H3,(H,14,15)(H,16,17). The normalized spacial score (nSPS) is 10.9. The van der Waals surface area contributed by atoms with E-state index in [1.54, 1.807) is 24.3 Å². The highest BCUT2D eigenvalue weighted by Gasteiger charge is 2.08. The molecule has 0 atom stereocenters. The maximum absolute atomic E-state index is 10.9. The smallest absolute Gasteiger partial charge is 0.352 e. The number of benzene rings is 1. The summed E-state index contributed by atoms with van der Waals surface area (Å²) in [7, 11) is 0. The first-order chi connectivity index (χ1) is 8.52. The number of hydrogen-bond acceptors (Lipinski definition) is 3. The summed E-state index contributed by atoms with van der Waals surface area (Å²) in [6.45, 7) is 3.65. The van der Waals surface area contributed by atoms with E-state index in [-0.39, 0.29) is 5.70 Å². The van der Waals surface area contributed by atoms with Crippen LogP contribution < -0.4 is 10.1 Å². The van der Waals surface area contributed by atoms with Crippen molar-refractivity contribution in [3.63, 3.8) is 0 Å². The molecular formula is C13H15NO4. The zero-order chi connectivity index (χ0) is 13.5. The van der Waals surface area contributed by atoms with Crippen LogP contribution >= 0.6 is 0 Å². The maximum Gasteiger partial charge on any atom is 0.352 e. The number of carboxylic acid groups (broad SMARTS) is 1. The van der Waals surface area contributed by atoms with Gasteiger partial charge in [0.25, 0.3) is 0 Å². The summed E-state index contributed by atoms with van der Waals surface area (Å²) >= 11 is 0. The quantitative estimate of drug-likeness (QED) is 0.778. The van der Waals surface area contributed by atoms with E-state index < -0.39 is 11.9 Å². The first kappa shape index (κ1) is 13.8. The van der Waals surface area contributed by atoms with Crippen molar-refractivity contribution in [3.05, 3.63) is 35.5 Å². The highest BCUT2D eigenvalue weighted by Crippen LogP contribution is 2.15. The van der Waals surface area contributed by atoms with Crippen LogP contribution in [-0.4, -0.2) is 23.6 Å². The third kappa shape index (κ3) is 4.29. The Balaban J connectivity index is 2.99. The minimum atomic E-state index is -1.19. The molecule has 0 unspecified atom stereocenters. The number of amides is 1. The van der Waals surface area contributed by atoms with Crippen LogP contribution in [0.25, 0.3) is 6.08 Å². The Bertz CT molecular complexity index is 480. The molecule has 0 saturated heterocycles. The number of carboxylic acids is 1. The third-order valence-corrected chi connectivity index (χ3v) is 2.02. The van der Waals surface area contributed by atoms with Gasteiger partial charge in [0.2, 0.25) is 5.91 Å². The molecule has 2 N–H and O–H groups in total. The predicted octanol–water partition coefficient (Wildman–Crippen LogP) is 1.65. The van der Waals surface area contributed by atoms with Crippen molar-refractivity contribution in [1.29, 1.82) is 0 Å². The van der Waals surface area contributed by atoms with Crippen molar-refractivity contribution in [3.8, 4) is 5.75 Å². The van der Waals surface area contributed by atoms with Gasteiger partial charge in [0.05, 0.1) is 6.61 Å². The lowest BCUT2D eigenvalue weighted by atomic mass is 10.2.